The highest BCUT2D eigenvalue weighted by Gasteiger charge is 2.17. The van der Waals surface area contributed by atoms with E-state index in [0.717, 1.165) is 13.0 Å². The summed E-state index contributed by atoms with van der Waals surface area (Å²) in [5.41, 5.74) is 6.08. The standard InChI is InChI=1S/C12H17NO/c1-2-14-13-12-8-7-10-5-3-4-6-11(10)9-12/h3-6,12-13H,2,7-9H2,1H3. The van der Waals surface area contributed by atoms with E-state index in [1.807, 2.05) is 6.92 Å². The lowest BCUT2D eigenvalue weighted by molar-refractivity contribution is 0.0212. The summed E-state index contributed by atoms with van der Waals surface area (Å²) in [7, 11) is 0. The molecule has 2 heteroatoms. The zero-order valence-corrected chi connectivity index (χ0v) is 8.62. The van der Waals surface area contributed by atoms with Crippen LogP contribution in [0.4, 0.5) is 0 Å². The second-order valence-corrected chi connectivity index (χ2v) is 3.76. The van der Waals surface area contributed by atoms with Crippen molar-refractivity contribution in [1.82, 2.24) is 5.48 Å². The van der Waals surface area contributed by atoms with Gasteiger partial charge in [-0.3, -0.25) is 0 Å². The van der Waals surface area contributed by atoms with Gasteiger partial charge in [0, 0.05) is 6.04 Å². The Labute approximate surface area is 85.2 Å². The summed E-state index contributed by atoms with van der Waals surface area (Å²) >= 11 is 0. The third-order valence-electron chi connectivity index (χ3n) is 2.74. The molecule has 1 aromatic rings. The minimum atomic E-state index is 0.491. The van der Waals surface area contributed by atoms with E-state index in [9.17, 15) is 0 Å². The zero-order chi connectivity index (χ0) is 9.80. The second-order valence-electron chi connectivity index (χ2n) is 3.76. The summed E-state index contributed by atoms with van der Waals surface area (Å²) in [5.74, 6) is 0. The molecule has 0 aliphatic heterocycles. The first kappa shape index (κ1) is 9.69. The summed E-state index contributed by atoms with van der Waals surface area (Å²) in [4.78, 5) is 5.24. The van der Waals surface area contributed by atoms with Gasteiger partial charge in [0.15, 0.2) is 0 Å². The highest BCUT2D eigenvalue weighted by Crippen LogP contribution is 2.20. The smallest absolute Gasteiger partial charge is 0.0654 e. The third-order valence-corrected chi connectivity index (χ3v) is 2.74. The van der Waals surface area contributed by atoms with Crippen molar-refractivity contribution in [3.05, 3.63) is 35.4 Å². The van der Waals surface area contributed by atoms with Gasteiger partial charge >= 0.3 is 0 Å². The molecule has 0 spiro atoms. The van der Waals surface area contributed by atoms with Crippen LogP contribution >= 0.6 is 0 Å². The molecule has 1 aliphatic rings. The molecular formula is C12H17NO. The summed E-state index contributed by atoms with van der Waals surface area (Å²) in [6.07, 6.45) is 3.44. The lowest BCUT2D eigenvalue weighted by Gasteiger charge is -2.24. The Morgan fingerprint density at radius 2 is 2.14 bits per heavy atom. The maximum Gasteiger partial charge on any atom is 0.0654 e. The summed E-state index contributed by atoms with van der Waals surface area (Å²) in [5, 5.41) is 0. The Kier molecular flexibility index (Phi) is 3.17. The highest BCUT2D eigenvalue weighted by atomic mass is 16.6. The van der Waals surface area contributed by atoms with Gasteiger partial charge in [0.1, 0.15) is 0 Å². The fraction of sp³-hybridized carbons (Fsp3) is 0.500. The molecule has 0 bridgehead atoms. The van der Waals surface area contributed by atoms with Crippen LogP contribution < -0.4 is 5.48 Å². The van der Waals surface area contributed by atoms with Crippen LogP contribution in [0.15, 0.2) is 24.3 Å². The number of benzene rings is 1. The molecule has 0 fully saturated rings. The maximum absolute atomic E-state index is 5.24. The van der Waals surface area contributed by atoms with Crippen molar-refractivity contribution in [1.29, 1.82) is 0 Å². The van der Waals surface area contributed by atoms with Crippen molar-refractivity contribution in [3.63, 3.8) is 0 Å². The average Bonchev–Trinajstić information content (AvgIpc) is 2.26. The van der Waals surface area contributed by atoms with Crippen LogP contribution in [0.25, 0.3) is 0 Å². The molecule has 2 rings (SSSR count). The first-order valence-electron chi connectivity index (χ1n) is 5.34. The van der Waals surface area contributed by atoms with E-state index in [1.54, 1.807) is 0 Å². The molecule has 1 atom stereocenters. The predicted molar refractivity (Wildman–Crippen MR) is 57.0 cm³/mol. The topological polar surface area (TPSA) is 21.3 Å². The summed E-state index contributed by atoms with van der Waals surface area (Å²) < 4.78 is 0. The minimum Gasteiger partial charge on any atom is -0.302 e. The number of hydrogen-bond acceptors (Lipinski definition) is 2. The third kappa shape index (κ3) is 2.14. The number of nitrogens with one attached hydrogen (secondary N) is 1. The second kappa shape index (κ2) is 4.58. The number of rotatable bonds is 3. The van der Waals surface area contributed by atoms with Crippen molar-refractivity contribution in [2.75, 3.05) is 6.61 Å². The van der Waals surface area contributed by atoms with Crippen LogP contribution in [0.1, 0.15) is 24.5 Å². The van der Waals surface area contributed by atoms with Crippen LogP contribution in [0.3, 0.4) is 0 Å². The normalized spacial score (nSPS) is 20.5. The van der Waals surface area contributed by atoms with Crippen LogP contribution in [-0.4, -0.2) is 12.6 Å². The monoisotopic (exact) mass is 191 g/mol. The van der Waals surface area contributed by atoms with Crippen LogP contribution in [0.5, 0.6) is 0 Å². The Morgan fingerprint density at radius 3 is 2.93 bits per heavy atom. The van der Waals surface area contributed by atoms with Gasteiger partial charge in [0.2, 0.25) is 0 Å². The maximum atomic E-state index is 5.24. The van der Waals surface area contributed by atoms with Crippen molar-refractivity contribution in [2.45, 2.75) is 32.2 Å². The van der Waals surface area contributed by atoms with Gasteiger partial charge < -0.3 is 4.84 Å². The van der Waals surface area contributed by atoms with E-state index < -0.39 is 0 Å². The molecule has 0 saturated carbocycles. The molecule has 1 aromatic carbocycles. The van der Waals surface area contributed by atoms with Gasteiger partial charge in [0.05, 0.1) is 6.61 Å². The van der Waals surface area contributed by atoms with E-state index in [4.69, 9.17) is 4.84 Å². The van der Waals surface area contributed by atoms with Crippen LogP contribution in [0, 0.1) is 0 Å². The first-order chi connectivity index (χ1) is 6.90. The molecule has 0 heterocycles. The van der Waals surface area contributed by atoms with Gasteiger partial charge in [-0.05, 0) is 37.3 Å². The number of hydroxylamine groups is 1. The Morgan fingerprint density at radius 1 is 1.36 bits per heavy atom. The van der Waals surface area contributed by atoms with Crippen LogP contribution in [0.2, 0.25) is 0 Å². The van der Waals surface area contributed by atoms with E-state index in [-0.39, 0.29) is 0 Å². The van der Waals surface area contributed by atoms with E-state index in [0.29, 0.717) is 6.04 Å². The molecule has 0 aromatic heterocycles. The molecule has 1 N–H and O–H groups in total. The molecule has 0 amide bonds. The van der Waals surface area contributed by atoms with Crippen molar-refractivity contribution in [3.8, 4) is 0 Å². The molecule has 76 valence electrons. The molecule has 1 unspecified atom stereocenters. The van der Waals surface area contributed by atoms with Crippen LogP contribution in [-0.2, 0) is 17.7 Å². The SMILES string of the molecule is CCONC1CCc2ccccc2C1. The van der Waals surface area contributed by atoms with Crippen molar-refractivity contribution < 1.29 is 4.84 Å². The lowest BCUT2D eigenvalue weighted by Crippen LogP contribution is -2.34. The first-order valence-corrected chi connectivity index (χ1v) is 5.34. The van der Waals surface area contributed by atoms with Gasteiger partial charge in [-0.2, -0.15) is 5.48 Å². The van der Waals surface area contributed by atoms with E-state index in [1.165, 1.54) is 24.0 Å². The fourth-order valence-electron chi connectivity index (χ4n) is 2.00. The largest absolute Gasteiger partial charge is 0.302 e. The van der Waals surface area contributed by atoms with Gasteiger partial charge in [-0.25, -0.2) is 0 Å². The zero-order valence-electron chi connectivity index (χ0n) is 8.62. The molecule has 0 radical (unpaired) electrons. The number of aryl methyl sites for hydroxylation is 1. The average molecular weight is 191 g/mol. The van der Waals surface area contributed by atoms with E-state index >= 15 is 0 Å². The summed E-state index contributed by atoms with van der Waals surface area (Å²) in [6, 6.07) is 9.17. The Hall–Kier alpha value is -0.860. The molecular weight excluding hydrogens is 174 g/mol. The quantitative estimate of drug-likeness (QED) is 0.739. The highest BCUT2D eigenvalue weighted by molar-refractivity contribution is 5.30. The summed E-state index contributed by atoms with van der Waals surface area (Å²) in [6.45, 7) is 2.74. The molecule has 14 heavy (non-hydrogen) atoms. The molecule has 0 saturated heterocycles. The Balaban J connectivity index is 1.99. The van der Waals surface area contributed by atoms with Crippen molar-refractivity contribution in [2.24, 2.45) is 0 Å². The van der Waals surface area contributed by atoms with Gasteiger partial charge in [-0.15, -0.1) is 0 Å². The number of fused-ring (bicyclic) bond motifs is 1. The van der Waals surface area contributed by atoms with Gasteiger partial charge in [0.25, 0.3) is 0 Å². The van der Waals surface area contributed by atoms with E-state index in [2.05, 4.69) is 29.7 Å². The fourth-order valence-corrected chi connectivity index (χ4v) is 2.00. The molecule has 1 aliphatic carbocycles. The molecule has 2 nitrogen and oxygen atoms in total. The number of hydrogen-bond donors (Lipinski definition) is 1. The predicted octanol–water partition coefficient (Wildman–Crippen LogP) is 2.08. The lowest BCUT2D eigenvalue weighted by atomic mass is 9.89. The van der Waals surface area contributed by atoms with Crippen molar-refractivity contribution >= 4 is 0 Å². The Bertz CT molecular complexity index is 298. The minimum absolute atomic E-state index is 0.491. The van der Waals surface area contributed by atoms with Gasteiger partial charge in [-0.1, -0.05) is 24.3 Å².